The number of benzene rings is 3. The predicted octanol–water partition coefficient (Wildman–Crippen LogP) is 7.49. The number of aromatic nitrogens is 1. The average molecular weight is 500 g/mol. The number of ether oxygens (including phenoxy) is 1. The van der Waals surface area contributed by atoms with Gasteiger partial charge in [-0.3, -0.25) is 4.98 Å². The van der Waals surface area contributed by atoms with E-state index in [1.165, 1.54) is 19.1 Å². The standard InChI is InChI=1S/C31H33NO3S/c1-31(2,36(3,33)34)26-20-24-15-10-18-32-29(24)28(21-26)23-13-9-14-25(19-23)30(22-11-7-8-12-22)35-27-16-5-4-6-17-27/h4-6,9-10,13-22,30H,7-8,11-12H2,1-3H3. The minimum Gasteiger partial charge on any atom is -0.485 e. The van der Waals surface area contributed by atoms with Crippen molar-refractivity contribution in [2.24, 2.45) is 5.92 Å². The van der Waals surface area contributed by atoms with E-state index in [9.17, 15) is 8.42 Å². The Morgan fingerprint density at radius 1 is 0.917 bits per heavy atom. The Bertz CT molecular complexity index is 1470. The number of sulfone groups is 1. The largest absolute Gasteiger partial charge is 0.485 e. The van der Waals surface area contributed by atoms with Crippen LogP contribution in [0, 0.1) is 5.92 Å². The van der Waals surface area contributed by atoms with Gasteiger partial charge in [0.15, 0.2) is 9.84 Å². The lowest BCUT2D eigenvalue weighted by Gasteiger charge is -2.26. The molecule has 4 aromatic rings. The van der Waals surface area contributed by atoms with Crippen LogP contribution in [0.1, 0.15) is 56.8 Å². The molecule has 5 heteroatoms. The lowest BCUT2D eigenvalue weighted by Crippen LogP contribution is -2.28. The zero-order valence-electron chi connectivity index (χ0n) is 21.1. The summed E-state index contributed by atoms with van der Waals surface area (Å²) in [5, 5.41) is 0.931. The Hall–Kier alpha value is -3.18. The maximum absolute atomic E-state index is 12.7. The molecule has 1 atom stereocenters. The van der Waals surface area contributed by atoms with Gasteiger partial charge >= 0.3 is 0 Å². The molecule has 1 heterocycles. The molecule has 0 radical (unpaired) electrons. The molecule has 0 aliphatic heterocycles. The van der Waals surface area contributed by atoms with Crippen molar-refractivity contribution in [2.75, 3.05) is 6.26 Å². The average Bonchev–Trinajstić information content (AvgIpc) is 3.41. The molecule has 1 aromatic heterocycles. The molecule has 1 aliphatic rings. The molecule has 0 saturated heterocycles. The highest BCUT2D eigenvalue weighted by Crippen LogP contribution is 2.41. The van der Waals surface area contributed by atoms with Crippen LogP contribution >= 0.6 is 0 Å². The predicted molar refractivity (Wildman–Crippen MR) is 147 cm³/mol. The lowest BCUT2D eigenvalue weighted by atomic mass is 9.90. The second kappa shape index (κ2) is 9.70. The first-order chi connectivity index (χ1) is 17.2. The van der Waals surface area contributed by atoms with Crippen LogP contribution in [-0.4, -0.2) is 19.7 Å². The van der Waals surface area contributed by atoms with Gasteiger partial charge in [-0.25, -0.2) is 8.42 Å². The Morgan fingerprint density at radius 2 is 1.67 bits per heavy atom. The molecular formula is C31H33NO3S. The molecule has 0 bridgehead atoms. The van der Waals surface area contributed by atoms with Crippen molar-refractivity contribution in [3.05, 3.63) is 96.2 Å². The first-order valence-corrected chi connectivity index (χ1v) is 14.5. The number of fused-ring (bicyclic) bond motifs is 1. The van der Waals surface area contributed by atoms with Crippen LogP contribution in [0.3, 0.4) is 0 Å². The van der Waals surface area contributed by atoms with Crippen molar-refractivity contribution in [1.29, 1.82) is 0 Å². The van der Waals surface area contributed by atoms with Crippen LogP contribution in [-0.2, 0) is 14.6 Å². The monoisotopic (exact) mass is 499 g/mol. The van der Waals surface area contributed by atoms with E-state index in [1.54, 1.807) is 20.0 Å². The van der Waals surface area contributed by atoms with Gasteiger partial charge in [0, 0.05) is 29.3 Å². The normalized spacial score (nSPS) is 15.8. The molecule has 5 rings (SSSR count). The fourth-order valence-corrected chi connectivity index (χ4v) is 5.75. The SMILES string of the molecule is CC(C)(c1cc(-c2cccc(C(Oc3ccccc3)C3CCCC3)c2)c2ncccc2c1)S(C)(=O)=O. The molecular weight excluding hydrogens is 466 g/mol. The van der Waals surface area contributed by atoms with E-state index in [2.05, 4.69) is 29.2 Å². The molecule has 0 spiro atoms. The summed E-state index contributed by atoms with van der Waals surface area (Å²) in [4.78, 5) is 4.68. The van der Waals surface area contributed by atoms with Crippen molar-refractivity contribution >= 4 is 20.7 Å². The van der Waals surface area contributed by atoms with Crippen LogP contribution in [0.4, 0.5) is 0 Å². The minimum atomic E-state index is -3.33. The van der Waals surface area contributed by atoms with Crippen LogP contribution in [0.25, 0.3) is 22.0 Å². The van der Waals surface area contributed by atoms with Crippen LogP contribution in [0.2, 0.25) is 0 Å². The molecule has 0 amide bonds. The highest BCUT2D eigenvalue weighted by atomic mass is 32.2. The topological polar surface area (TPSA) is 56.3 Å². The van der Waals surface area contributed by atoms with Gasteiger partial charge in [0.2, 0.25) is 0 Å². The molecule has 0 N–H and O–H groups in total. The van der Waals surface area contributed by atoms with Crippen LogP contribution in [0.5, 0.6) is 5.75 Å². The zero-order chi connectivity index (χ0) is 25.3. The van der Waals surface area contributed by atoms with Crippen LogP contribution in [0.15, 0.2) is 85.1 Å². The van der Waals surface area contributed by atoms with Gasteiger partial charge < -0.3 is 4.74 Å². The molecule has 1 saturated carbocycles. The minimum absolute atomic E-state index is 0.0373. The van der Waals surface area contributed by atoms with E-state index >= 15 is 0 Å². The highest BCUT2D eigenvalue weighted by molar-refractivity contribution is 7.91. The summed E-state index contributed by atoms with van der Waals surface area (Å²) in [7, 11) is -3.33. The van der Waals surface area contributed by atoms with Crippen molar-refractivity contribution in [2.45, 2.75) is 50.4 Å². The molecule has 1 fully saturated rings. The number of rotatable bonds is 7. The number of para-hydroxylation sites is 1. The number of hydrogen-bond donors (Lipinski definition) is 0. The third-order valence-corrected chi connectivity index (χ3v) is 9.78. The number of hydrogen-bond acceptors (Lipinski definition) is 4. The summed E-state index contributed by atoms with van der Waals surface area (Å²) in [5.41, 5.74) is 4.72. The first kappa shape index (κ1) is 24.5. The van der Waals surface area contributed by atoms with Gasteiger partial charge in [-0.05, 0) is 79.8 Å². The summed E-state index contributed by atoms with van der Waals surface area (Å²) in [5.74, 6) is 1.34. The molecule has 3 aromatic carbocycles. The quantitative estimate of drug-likeness (QED) is 0.264. The summed E-state index contributed by atoms with van der Waals surface area (Å²) in [6.07, 6.45) is 7.83. The molecule has 36 heavy (non-hydrogen) atoms. The smallest absolute Gasteiger partial charge is 0.156 e. The summed E-state index contributed by atoms with van der Waals surface area (Å²) >= 11 is 0. The van der Waals surface area contributed by atoms with E-state index < -0.39 is 14.6 Å². The molecule has 1 aliphatic carbocycles. The molecule has 1 unspecified atom stereocenters. The van der Waals surface area contributed by atoms with E-state index in [4.69, 9.17) is 4.74 Å². The van der Waals surface area contributed by atoms with Crippen molar-refractivity contribution < 1.29 is 13.2 Å². The van der Waals surface area contributed by atoms with Crippen molar-refractivity contribution in [3.8, 4) is 16.9 Å². The Morgan fingerprint density at radius 3 is 2.39 bits per heavy atom. The highest BCUT2D eigenvalue weighted by Gasteiger charge is 2.33. The Labute approximate surface area is 214 Å². The summed E-state index contributed by atoms with van der Waals surface area (Å²) in [6, 6.07) is 26.4. The van der Waals surface area contributed by atoms with Gasteiger partial charge in [0.25, 0.3) is 0 Å². The number of nitrogens with zero attached hydrogens (tertiary/aromatic N) is 1. The van der Waals surface area contributed by atoms with E-state index in [0.717, 1.165) is 51.7 Å². The van der Waals surface area contributed by atoms with Gasteiger partial charge in [-0.2, -0.15) is 0 Å². The van der Waals surface area contributed by atoms with Crippen molar-refractivity contribution in [3.63, 3.8) is 0 Å². The number of pyridine rings is 1. The summed E-state index contributed by atoms with van der Waals surface area (Å²) in [6.45, 7) is 3.54. The lowest BCUT2D eigenvalue weighted by molar-refractivity contribution is 0.137. The molecule has 4 nitrogen and oxygen atoms in total. The molecule has 186 valence electrons. The van der Waals surface area contributed by atoms with E-state index in [1.807, 2.05) is 54.6 Å². The second-order valence-corrected chi connectivity index (χ2v) is 13.0. The van der Waals surface area contributed by atoms with Gasteiger partial charge in [0.05, 0.1) is 10.3 Å². The Balaban J connectivity index is 1.63. The first-order valence-electron chi connectivity index (χ1n) is 12.6. The third-order valence-electron chi connectivity index (χ3n) is 7.69. The van der Waals surface area contributed by atoms with Crippen molar-refractivity contribution in [1.82, 2.24) is 4.98 Å². The third kappa shape index (κ3) is 4.77. The van der Waals surface area contributed by atoms with Crippen LogP contribution < -0.4 is 4.74 Å². The zero-order valence-corrected chi connectivity index (χ0v) is 22.0. The van der Waals surface area contributed by atoms with Gasteiger partial charge in [-0.15, -0.1) is 0 Å². The van der Waals surface area contributed by atoms with Gasteiger partial charge in [0.1, 0.15) is 11.9 Å². The van der Waals surface area contributed by atoms with Gasteiger partial charge in [-0.1, -0.05) is 55.3 Å². The summed E-state index contributed by atoms with van der Waals surface area (Å²) < 4.78 is 30.9. The Kier molecular flexibility index (Phi) is 6.60. The maximum Gasteiger partial charge on any atom is 0.156 e. The fourth-order valence-electron chi connectivity index (χ4n) is 5.20. The fraction of sp³-hybridized carbons (Fsp3) is 0.323. The maximum atomic E-state index is 12.7. The van der Waals surface area contributed by atoms with E-state index in [0.29, 0.717) is 5.92 Å². The van der Waals surface area contributed by atoms with E-state index in [-0.39, 0.29) is 6.10 Å². The second-order valence-electron chi connectivity index (χ2n) is 10.4.